The van der Waals surface area contributed by atoms with Gasteiger partial charge in [-0.1, -0.05) is 12.1 Å². The maximum atomic E-state index is 11.9. The number of aromatic nitrogens is 3. The smallest absolute Gasteiger partial charge is 0.287 e. The van der Waals surface area contributed by atoms with E-state index < -0.39 is 0 Å². The summed E-state index contributed by atoms with van der Waals surface area (Å²) in [6.45, 7) is 0.424. The quantitative estimate of drug-likeness (QED) is 0.754. The molecule has 0 saturated carbocycles. The van der Waals surface area contributed by atoms with E-state index in [-0.39, 0.29) is 5.91 Å². The van der Waals surface area contributed by atoms with E-state index in [0.717, 1.165) is 16.0 Å². The zero-order chi connectivity index (χ0) is 12.4. The van der Waals surface area contributed by atoms with Crippen molar-refractivity contribution in [1.29, 1.82) is 0 Å². The Balaban J connectivity index is 1.75. The normalized spacial score (nSPS) is 10.7. The monoisotopic (exact) mass is 258 g/mol. The minimum atomic E-state index is -0.221. The molecule has 6 heteroatoms. The average Bonchev–Trinajstić information content (AvgIpc) is 3.04. The predicted octanol–water partition coefficient (Wildman–Crippen LogP) is 1.95. The standard InChI is InChI=1S/C12H10N4OS/c17-12(14-7-10-13-5-6-18-10)11-15-8-3-1-2-4-9(8)16-11/h1-6H,7H2,(H,14,17)(H,15,16). The van der Waals surface area contributed by atoms with E-state index in [1.54, 1.807) is 6.20 Å². The highest BCUT2D eigenvalue weighted by molar-refractivity contribution is 7.09. The summed E-state index contributed by atoms with van der Waals surface area (Å²) in [4.78, 5) is 23.2. The first kappa shape index (κ1) is 10.9. The molecule has 0 fully saturated rings. The molecule has 0 aliphatic carbocycles. The average molecular weight is 258 g/mol. The number of para-hydroxylation sites is 2. The number of carbonyl (C=O) groups is 1. The predicted molar refractivity (Wildman–Crippen MR) is 69.4 cm³/mol. The molecule has 90 valence electrons. The summed E-state index contributed by atoms with van der Waals surface area (Å²) in [6, 6.07) is 7.54. The summed E-state index contributed by atoms with van der Waals surface area (Å²) >= 11 is 1.51. The van der Waals surface area contributed by atoms with Crippen molar-refractivity contribution in [3.63, 3.8) is 0 Å². The third-order valence-corrected chi connectivity index (χ3v) is 3.27. The Hall–Kier alpha value is -2.21. The van der Waals surface area contributed by atoms with Crippen molar-refractivity contribution in [2.45, 2.75) is 6.54 Å². The van der Waals surface area contributed by atoms with Crippen LogP contribution in [0, 0.1) is 0 Å². The van der Waals surface area contributed by atoms with Crippen LogP contribution in [0.1, 0.15) is 15.6 Å². The number of nitrogens with one attached hydrogen (secondary N) is 2. The molecule has 5 nitrogen and oxygen atoms in total. The van der Waals surface area contributed by atoms with Crippen molar-refractivity contribution in [3.8, 4) is 0 Å². The summed E-state index contributed by atoms with van der Waals surface area (Å²) in [6.07, 6.45) is 1.72. The molecule has 1 amide bonds. The van der Waals surface area contributed by atoms with Crippen molar-refractivity contribution in [2.75, 3.05) is 0 Å². The summed E-state index contributed by atoms with van der Waals surface area (Å²) in [5, 5.41) is 5.53. The molecule has 0 aliphatic rings. The number of fused-ring (bicyclic) bond motifs is 1. The van der Waals surface area contributed by atoms with Crippen LogP contribution in [0.2, 0.25) is 0 Å². The van der Waals surface area contributed by atoms with Crippen LogP contribution >= 0.6 is 11.3 Å². The molecule has 0 bridgehead atoms. The molecule has 2 heterocycles. The Morgan fingerprint density at radius 3 is 3.06 bits per heavy atom. The van der Waals surface area contributed by atoms with E-state index in [9.17, 15) is 4.79 Å². The van der Waals surface area contributed by atoms with Gasteiger partial charge in [-0.25, -0.2) is 9.97 Å². The molecule has 0 atom stereocenters. The van der Waals surface area contributed by atoms with Gasteiger partial charge in [0.05, 0.1) is 17.6 Å². The molecule has 3 rings (SSSR count). The van der Waals surface area contributed by atoms with Gasteiger partial charge in [0.25, 0.3) is 5.91 Å². The van der Waals surface area contributed by atoms with Crippen LogP contribution in [-0.2, 0) is 6.54 Å². The molecule has 2 N–H and O–H groups in total. The zero-order valence-corrected chi connectivity index (χ0v) is 10.2. The molecule has 0 radical (unpaired) electrons. The molecule has 0 aliphatic heterocycles. The number of thiazole rings is 1. The van der Waals surface area contributed by atoms with Crippen LogP contribution < -0.4 is 5.32 Å². The Kier molecular flexibility index (Phi) is 2.77. The molecule has 0 spiro atoms. The van der Waals surface area contributed by atoms with E-state index in [1.807, 2.05) is 29.6 Å². The Morgan fingerprint density at radius 2 is 2.28 bits per heavy atom. The number of nitrogens with zero attached hydrogens (tertiary/aromatic N) is 2. The van der Waals surface area contributed by atoms with Crippen molar-refractivity contribution >= 4 is 28.3 Å². The number of hydrogen-bond donors (Lipinski definition) is 2. The third-order valence-electron chi connectivity index (χ3n) is 2.49. The summed E-state index contributed by atoms with van der Waals surface area (Å²) in [5.41, 5.74) is 1.65. The lowest BCUT2D eigenvalue weighted by Gasteiger charge is -1.98. The second kappa shape index (κ2) is 4.58. The maximum Gasteiger partial charge on any atom is 0.287 e. The Labute approximate surface area is 107 Å². The largest absolute Gasteiger partial charge is 0.343 e. The first-order valence-corrected chi connectivity index (χ1v) is 6.32. The minimum Gasteiger partial charge on any atom is -0.343 e. The molecular weight excluding hydrogens is 248 g/mol. The maximum absolute atomic E-state index is 11.9. The van der Waals surface area contributed by atoms with Crippen molar-refractivity contribution < 1.29 is 4.79 Å². The van der Waals surface area contributed by atoms with Crippen LogP contribution in [0.3, 0.4) is 0 Å². The second-order valence-corrected chi connectivity index (χ2v) is 4.69. The van der Waals surface area contributed by atoms with Crippen molar-refractivity contribution in [1.82, 2.24) is 20.3 Å². The van der Waals surface area contributed by atoms with Crippen LogP contribution in [0.4, 0.5) is 0 Å². The van der Waals surface area contributed by atoms with Crippen LogP contribution in [-0.4, -0.2) is 20.9 Å². The number of benzene rings is 1. The van der Waals surface area contributed by atoms with Gasteiger partial charge in [0.2, 0.25) is 0 Å². The van der Waals surface area contributed by atoms with Gasteiger partial charge in [-0.05, 0) is 12.1 Å². The number of aromatic amines is 1. The van der Waals surface area contributed by atoms with Gasteiger partial charge < -0.3 is 10.3 Å². The lowest BCUT2D eigenvalue weighted by molar-refractivity contribution is 0.0942. The molecule has 0 unspecified atom stereocenters. The molecule has 2 aromatic heterocycles. The molecular formula is C12H10N4OS. The van der Waals surface area contributed by atoms with Crippen LogP contribution in [0.15, 0.2) is 35.8 Å². The molecule has 18 heavy (non-hydrogen) atoms. The van der Waals surface area contributed by atoms with E-state index >= 15 is 0 Å². The minimum absolute atomic E-state index is 0.221. The van der Waals surface area contributed by atoms with Gasteiger partial charge in [-0.2, -0.15) is 0 Å². The fourth-order valence-electron chi connectivity index (χ4n) is 1.64. The van der Waals surface area contributed by atoms with Gasteiger partial charge >= 0.3 is 0 Å². The summed E-state index contributed by atoms with van der Waals surface area (Å²) < 4.78 is 0. The molecule has 3 aromatic rings. The van der Waals surface area contributed by atoms with Crippen molar-refractivity contribution in [3.05, 3.63) is 46.7 Å². The number of amides is 1. The summed E-state index contributed by atoms with van der Waals surface area (Å²) in [5.74, 6) is 0.106. The van der Waals surface area contributed by atoms with Crippen LogP contribution in [0.5, 0.6) is 0 Å². The molecule has 1 aromatic carbocycles. The first-order valence-electron chi connectivity index (χ1n) is 5.44. The third kappa shape index (κ3) is 2.10. The number of hydrogen-bond acceptors (Lipinski definition) is 4. The van der Waals surface area contributed by atoms with Gasteiger partial charge in [0.1, 0.15) is 5.01 Å². The van der Waals surface area contributed by atoms with Crippen LogP contribution in [0.25, 0.3) is 11.0 Å². The highest BCUT2D eigenvalue weighted by atomic mass is 32.1. The fourth-order valence-corrected chi connectivity index (χ4v) is 2.20. The van der Waals surface area contributed by atoms with Gasteiger partial charge in [-0.15, -0.1) is 11.3 Å². The lowest BCUT2D eigenvalue weighted by atomic mass is 10.3. The summed E-state index contributed by atoms with van der Waals surface area (Å²) in [7, 11) is 0. The topological polar surface area (TPSA) is 70.7 Å². The van der Waals surface area contributed by atoms with E-state index in [0.29, 0.717) is 12.4 Å². The van der Waals surface area contributed by atoms with Crippen molar-refractivity contribution in [2.24, 2.45) is 0 Å². The lowest BCUT2D eigenvalue weighted by Crippen LogP contribution is -2.23. The number of imidazole rings is 1. The highest BCUT2D eigenvalue weighted by Crippen LogP contribution is 2.10. The zero-order valence-electron chi connectivity index (χ0n) is 9.38. The van der Waals surface area contributed by atoms with E-state index in [1.165, 1.54) is 11.3 Å². The Bertz CT molecular complexity index is 641. The second-order valence-electron chi connectivity index (χ2n) is 3.71. The van der Waals surface area contributed by atoms with Gasteiger partial charge in [-0.3, -0.25) is 4.79 Å². The van der Waals surface area contributed by atoms with E-state index in [4.69, 9.17) is 0 Å². The van der Waals surface area contributed by atoms with E-state index in [2.05, 4.69) is 20.3 Å². The SMILES string of the molecule is O=C(NCc1nccs1)c1nc2ccccc2[nH]1. The number of rotatable bonds is 3. The Morgan fingerprint density at radius 1 is 1.39 bits per heavy atom. The number of carbonyl (C=O) groups excluding carboxylic acids is 1. The highest BCUT2D eigenvalue weighted by Gasteiger charge is 2.10. The number of H-pyrrole nitrogens is 1. The molecule has 0 saturated heterocycles. The van der Waals surface area contributed by atoms with Gasteiger partial charge in [0.15, 0.2) is 5.82 Å². The fraction of sp³-hybridized carbons (Fsp3) is 0.0833. The first-order chi connectivity index (χ1) is 8.83. The van der Waals surface area contributed by atoms with Gasteiger partial charge in [0, 0.05) is 11.6 Å².